The van der Waals surface area contributed by atoms with Crippen LogP contribution in [0.15, 0.2) is 16.7 Å². The van der Waals surface area contributed by atoms with Gasteiger partial charge >= 0.3 is 5.97 Å². The summed E-state index contributed by atoms with van der Waals surface area (Å²) < 4.78 is 16.5. The van der Waals surface area contributed by atoms with Crippen molar-refractivity contribution in [2.75, 3.05) is 5.75 Å². The number of hydrogen-bond donors (Lipinski definition) is 1. The van der Waals surface area contributed by atoms with Crippen LogP contribution in [0.3, 0.4) is 0 Å². The van der Waals surface area contributed by atoms with Crippen molar-refractivity contribution < 1.29 is 18.5 Å². The zero-order valence-corrected chi connectivity index (χ0v) is 9.38. The minimum Gasteiger partial charge on any atom is -0.478 e. The van der Waals surface area contributed by atoms with E-state index in [1.165, 1.54) is 12.3 Å². The number of carboxylic acid groups (broad SMARTS) is 1. The third kappa shape index (κ3) is 3.87. The maximum absolute atomic E-state index is 11.5. The molecule has 1 rings (SSSR count). The van der Waals surface area contributed by atoms with E-state index in [1.54, 1.807) is 0 Å². The molecule has 0 aliphatic rings. The Hall–Kier alpha value is -1.10. The second-order valence-corrected chi connectivity index (χ2v) is 4.83. The van der Waals surface area contributed by atoms with E-state index in [0.717, 1.165) is 12.8 Å². The number of carboxylic acids is 1. The summed E-state index contributed by atoms with van der Waals surface area (Å²) in [5.74, 6) is 0.388. The monoisotopic (exact) mass is 230 g/mol. The molecule has 0 fully saturated rings. The zero-order chi connectivity index (χ0) is 11.3. The van der Waals surface area contributed by atoms with Crippen LogP contribution in [0, 0.1) is 0 Å². The Morgan fingerprint density at radius 2 is 2.33 bits per heavy atom. The third-order valence-corrected chi connectivity index (χ3v) is 3.28. The molecule has 84 valence electrons. The van der Waals surface area contributed by atoms with Crippen molar-refractivity contribution in [3.05, 3.63) is 23.7 Å². The van der Waals surface area contributed by atoms with Crippen LogP contribution in [-0.4, -0.2) is 21.0 Å². The molecular formula is C10H14O4S. The highest BCUT2D eigenvalue weighted by atomic mass is 32.2. The Bertz CT molecular complexity index is 356. The smallest absolute Gasteiger partial charge is 0.338 e. The fourth-order valence-electron chi connectivity index (χ4n) is 1.10. The molecule has 1 aromatic heterocycles. The molecule has 5 heteroatoms. The van der Waals surface area contributed by atoms with E-state index in [1.807, 2.05) is 6.92 Å². The summed E-state index contributed by atoms with van der Waals surface area (Å²) in [6, 6.07) is 1.42. The third-order valence-electron chi connectivity index (χ3n) is 1.93. The number of rotatable bonds is 6. The SMILES string of the molecule is CCCCS(=O)Cc1cc(C(=O)O)co1. The summed E-state index contributed by atoms with van der Waals surface area (Å²) in [7, 11) is -0.957. The van der Waals surface area contributed by atoms with Gasteiger partial charge in [0, 0.05) is 16.6 Å². The van der Waals surface area contributed by atoms with E-state index >= 15 is 0 Å². The highest BCUT2D eigenvalue weighted by Gasteiger charge is 2.10. The Labute approximate surface area is 90.7 Å². The molecule has 0 radical (unpaired) electrons. The van der Waals surface area contributed by atoms with Crippen molar-refractivity contribution in [3.63, 3.8) is 0 Å². The van der Waals surface area contributed by atoms with Crippen LogP contribution < -0.4 is 0 Å². The molecule has 0 spiro atoms. The van der Waals surface area contributed by atoms with E-state index in [-0.39, 0.29) is 5.56 Å². The average molecular weight is 230 g/mol. The molecule has 1 aromatic rings. The number of hydrogen-bond acceptors (Lipinski definition) is 3. The molecule has 0 saturated heterocycles. The molecule has 1 unspecified atom stereocenters. The lowest BCUT2D eigenvalue weighted by molar-refractivity contribution is 0.0696. The van der Waals surface area contributed by atoms with Gasteiger partial charge in [-0.15, -0.1) is 0 Å². The molecule has 1 atom stereocenters. The van der Waals surface area contributed by atoms with Crippen molar-refractivity contribution >= 4 is 16.8 Å². The van der Waals surface area contributed by atoms with Crippen LogP contribution in [0.4, 0.5) is 0 Å². The van der Waals surface area contributed by atoms with Gasteiger partial charge in [0.25, 0.3) is 0 Å². The van der Waals surface area contributed by atoms with Gasteiger partial charge in [-0.1, -0.05) is 13.3 Å². The van der Waals surface area contributed by atoms with Gasteiger partial charge in [0.05, 0.1) is 11.3 Å². The summed E-state index contributed by atoms with van der Waals surface area (Å²) in [6.45, 7) is 2.03. The van der Waals surface area contributed by atoms with Crippen molar-refractivity contribution in [2.24, 2.45) is 0 Å². The van der Waals surface area contributed by atoms with Gasteiger partial charge in [-0.3, -0.25) is 4.21 Å². The minimum atomic E-state index is -1.02. The van der Waals surface area contributed by atoms with Crippen LogP contribution in [0.1, 0.15) is 35.9 Å². The summed E-state index contributed by atoms with van der Waals surface area (Å²) in [4.78, 5) is 10.5. The molecule has 1 heterocycles. The minimum absolute atomic E-state index is 0.109. The van der Waals surface area contributed by atoms with Crippen LogP contribution in [0.2, 0.25) is 0 Å². The molecule has 0 aromatic carbocycles. The molecule has 0 aliphatic carbocycles. The first-order valence-corrected chi connectivity index (χ1v) is 6.28. The number of aromatic carboxylic acids is 1. The molecule has 15 heavy (non-hydrogen) atoms. The second kappa shape index (κ2) is 5.70. The Morgan fingerprint density at radius 3 is 2.87 bits per heavy atom. The first-order chi connectivity index (χ1) is 7.13. The van der Waals surface area contributed by atoms with E-state index in [9.17, 15) is 9.00 Å². The highest BCUT2D eigenvalue weighted by Crippen LogP contribution is 2.10. The van der Waals surface area contributed by atoms with Gasteiger partial charge in [-0.25, -0.2) is 4.79 Å². The predicted octanol–water partition coefficient (Wildman–Crippen LogP) is 2.03. The predicted molar refractivity (Wildman–Crippen MR) is 57.3 cm³/mol. The van der Waals surface area contributed by atoms with E-state index in [4.69, 9.17) is 9.52 Å². The first kappa shape index (κ1) is 12.0. The quantitative estimate of drug-likeness (QED) is 0.811. The number of unbranched alkanes of at least 4 members (excludes halogenated alkanes) is 1. The van der Waals surface area contributed by atoms with Crippen LogP contribution in [0.5, 0.6) is 0 Å². The lowest BCUT2D eigenvalue weighted by Gasteiger charge is -1.97. The fourth-order valence-corrected chi connectivity index (χ4v) is 2.33. The van der Waals surface area contributed by atoms with Crippen molar-refractivity contribution in [1.29, 1.82) is 0 Å². The maximum atomic E-state index is 11.5. The summed E-state index contributed by atoms with van der Waals surface area (Å²) >= 11 is 0. The molecule has 0 amide bonds. The zero-order valence-electron chi connectivity index (χ0n) is 8.56. The number of furan rings is 1. The van der Waals surface area contributed by atoms with Gasteiger partial charge in [-0.05, 0) is 12.5 Å². The average Bonchev–Trinajstić information content (AvgIpc) is 2.63. The summed E-state index contributed by atoms with van der Waals surface area (Å²) in [6.07, 6.45) is 3.10. The highest BCUT2D eigenvalue weighted by molar-refractivity contribution is 7.84. The summed E-state index contributed by atoms with van der Waals surface area (Å²) in [5.41, 5.74) is 0.109. The Balaban J connectivity index is 2.50. The van der Waals surface area contributed by atoms with Crippen molar-refractivity contribution in [1.82, 2.24) is 0 Å². The second-order valence-electron chi connectivity index (χ2n) is 3.25. The van der Waals surface area contributed by atoms with E-state index in [2.05, 4.69) is 0 Å². The topological polar surface area (TPSA) is 67.5 Å². The fraction of sp³-hybridized carbons (Fsp3) is 0.500. The van der Waals surface area contributed by atoms with Crippen molar-refractivity contribution in [2.45, 2.75) is 25.5 Å². The molecule has 0 saturated carbocycles. The van der Waals surface area contributed by atoms with Crippen LogP contribution in [0.25, 0.3) is 0 Å². The maximum Gasteiger partial charge on any atom is 0.338 e. The van der Waals surface area contributed by atoms with E-state index < -0.39 is 16.8 Å². The van der Waals surface area contributed by atoms with Gasteiger partial charge in [0.2, 0.25) is 0 Å². The standard InChI is InChI=1S/C10H14O4S/c1-2-3-4-15(13)7-9-5-8(6-14-9)10(11)12/h5-6H,2-4,7H2,1H3,(H,11,12). The summed E-state index contributed by atoms with van der Waals surface area (Å²) in [5, 5.41) is 8.64. The largest absolute Gasteiger partial charge is 0.478 e. The normalized spacial score (nSPS) is 12.6. The van der Waals surface area contributed by atoms with E-state index in [0.29, 0.717) is 17.3 Å². The molecule has 0 bridgehead atoms. The molecule has 0 aliphatic heterocycles. The van der Waals surface area contributed by atoms with Crippen molar-refractivity contribution in [3.8, 4) is 0 Å². The lowest BCUT2D eigenvalue weighted by atomic mass is 10.3. The van der Waals surface area contributed by atoms with Gasteiger partial charge < -0.3 is 9.52 Å². The van der Waals surface area contributed by atoms with Gasteiger partial charge in [0.15, 0.2) is 0 Å². The Kier molecular flexibility index (Phi) is 4.55. The van der Waals surface area contributed by atoms with Gasteiger partial charge in [0.1, 0.15) is 12.0 Å². The Morgan fingerprint density at radius 1 is 1.60 bits per heavy atom. The van der Waals surface area contributed by atoms with Gasteiger partial charge in [-0.2, -0.15) is 0 Å². The molecule has 1 N–H and O–H groups in total. The van der Waals surface area contributed by atoms with Crippen LogP contribution >= 0.6 is 0 Å². The molecular weight excluding hydrogens is 216 g/mol. The number of carbonyl (C=O) groups is 1. The first-order valence-electron chi connectivity index (χ1n) is 4.79. The lowest BCUT2D eigenvalue weighted by Crippen LogP contribution is -2.00. The molecule has 4 nitrogen and oxygen atoms in total. The van der Waals surface area contributed by atoms with Crippen LogP contribution in [-0.2, 0) is 16.6 Å².